The van der Waals surface area contributed by atoms with Gasteiger partial charge in [0.15, 0.2) is 0 Å². The van der Waals surface area contributed by atoms with Crippen LogP contribution in [0.2, 0.25) is 0 Å². The van der Waals surface area contributed by atoms with Crippen molar-refractivity contribution < 1.29 is 14.6 Å². The summed E-state index contributed by atoms with van der Waals surface area (Å²) in [4.78, 5) is 25.1. The van der Waals surface area contributed by atoms with Crippen LogP contribution in [-0.4, -0.2) is 51.3 Å². The maximum Gasteiger partial charge on any atom is 0.320 e. The number of rotatable bonds is 11. The minimum Gasteiger partial charge on any atom is -0.480 e. The normalized spacial score (nSPS) is 20.0. The number of hydrogen-bond donors (Lipinski definition) is 3. The smallest absolute Gasteiger partial charge is 0.320 e. The van der Waals surface area contributed by atoms with E-state index in [2.05, 4.69) is 32.7 Å². The number of carboxylic acids is 1. The second-order valence-electron chi connectivity index (χ2n) is 9.61. The highest BCUT2D eigenvalue weighted by Crippen LogP contribution is 2.34. The summed E-state index contributed by atoms with van der Waals surface area (Å²) in [6.07, 6.45) is 8.68. The molecule has 1 fully saturated rings. The highest BCUT2D eigenvalue weighted by molar-refractivity contribution is 5.80. The van der Waals surface area contributed by atoms with Gasteiger partial charge >= 0.3 is 5.97 Å². The highest BCUT2D eigenvalue weighted by Gasteiger charge is 2.30. The molecule has 8 heteroatoms. The molecule has 2 aromatic heterocycles. The minimum atomic E-state index is -0.870. The van der Waals surface area contributed by atoms with Crippen molar-refractivity contribution in [2.45, 2.75) is 63.6 Å². The number of aliphatic carboxylic acids is 1. The zero-order chi connectivity index (χ0) is 24.0. The molecule has 0 spiro atoms. The summed E-state index contributed by atoms with van der Waals surface area (Å²) in [6, 6.07) is 11.5. The van der Waals surface area contributed by atoms with E-state index >= 15 is 0 Å². The predicted octanol–water partition coefficient (Wildman–Crippen LogP) is 3.74. The number of carboxylic acid groups (broad SMARTS) is 1. The molecule has 3 N–H and O–H groups in total. The van der Waals surface area contributed by atoms with Crippen LogP contribution in [0.1, 0.15) is 49.1 Å². The van der Waals surface area contributed by atoms with Gasteiger partial charge in [-0.1, -0.05) is 24.3 Å². The number of para-hydroxylation sites is 1. The summed E-state index contributed by atoms with van der Waals surface area (Å²) >= 11 is 0. The summed E-state index contributed by atoms with van der Waals surface area (Å²) in [5.41, 5.74) is 4.15. The van der Waals surface area contributed by atoms with Gasteiger partial charge in [0.25, 0.3) is 0 Å². The predicted molar refractivity (Wildman–Crippen MR) is 134 cm³/mol. The number of nitrogens with one attached hydrogen (secondary N) is 2. The lowest BCUT2D eigenvalue weighted by molar-refractivity contribution is -0.140. The van der Waals surface area contributed by atoms with Crippen molar-refractivity contribution >= 4 is 22.7 Å². The summed E-state index contributed by atoms with van der Waals surface area (Å²) in [6.45, 7) is 1.82. The zero-order valence-electron chi connectivity index (χ0n) is 19.9. The van der Waals surface area contributed by atoms with E-state index in [1.165, 1.54) is 18.3 Å². The first-order valence-electron chi connectivity index (χ1n) is 12.6. The Bertz CT molecular complexity index is 1160. The van der Waals surface area contributed by atoms with Crippen molar-refractivity contribution in [1.29, 1.82) is 0 Å². The Balaban J connectivity index is 1.02. The Labute approximate surface area is 205 Å². The van der Waals surface area contributed by atoms with Crippen molar-refractivity contribution in [1.82, 2.24) is 20.3 Å². The molecule has 8 nitrogen and oxygen atoms in total. The Kier molecular flexibility index (Phi) is 7.49. The van der Waals surface area contributed by atoms with E-state index in [4.69, 9.17) is 9.72 Å². The van der Waals surface area contributed by atoms with Gasteiger partial charge in [-0.15, -0.1) is 0 Å². The quantitative estimate of drug-likeness (QED) is 0.385. The highest BCUT2D eigenvalue weighted by atomic mass is 16.5. The number of aromatic nitrogens is 3. The molecule has 2 aliphatic rings. The van der Waals surface area contributed by atoms with E-state index in [0.29, 0.717) is 25.5 Å². The molecule has 1 aromatic carbocycles. The van der Waals surface area contributed by atoms with Crippen molar-refractivity contribution in [3.05, 3.63) is 59.7 Å². The fraction of sp³-hybridized carbons (Fsp3) is 0.481. The van der Waals surface area contributed by atoms with Crippen LogP contribution < -0.4 is 10.6 Å². The number of fused-ring (bicyclic) bond motifs is 2. The molecule has 1 aliphatic carbocycles. The molecule has 1 unspecified atom stereocenters. The Morgan fingerprint density at radius 2 is 2.09 bits per heavy atom. The second-order valence-corrected chi connectivity index (χ2v) is 9.61. The summed E-state index contributed by atoms with van der Waals surface area (Å²) in [5, 5.41) is 17.1. The SMILES string of the molecule is O=C(O)C(CCO[C@H]1C[C@@H](CCc2ccc3c(n2)NCCC3)C1)NCc1ncnc2ccccc12. The Morgan fingerprint density at radius 1 is 1.20 bits per heavy atom. The molecular weight excluding hydrogens is 442 g/mol. The summed E-state index contributed by atoms with van der Waals surface area (Å²) < 4.78 is 5.98. The third-order valence-electron chi connectivity index (χ3n) is 7.15. The number of pyridine rings is 1. The number of anilines is 1. The van der Waals surface area contributed by atoms with Gasteiger partial charge in [0.1, 0.15) is 18.2 Å². The topological polar surface area (TPSA) is 109 Å². The molecule has 1 aliphatic heterocycles. The fourth-order valence-electron chi connectivity index (χ4n) is 4.99. The van der Waals surface area contributed by atoms with E-state index < -0.39 is 12.0 Å². The first kappa shape index (κ1) is 23.6. The molecule has 3 aromatic rings. The van der Waals surface area contributed by atoms with Gasteiger partial charge in [-0.2, -0.15) is 0 Å². The summed E-state index contributed by atoms with van der Waals surface area (Å²) in [7, 11) is 0. The average molecular weight is 476 g/mol. The van der Waals surface area contributed by atoms with Crippen molar-refractivity contribution in [2.24, 2.45) is 5.92 Å². The van der Waals surface area contributed by atoms with Gasteiger partial charge in [-0.25, -0.2) is 15.0 Å². The number of carbonyl (C=O) groups is 1. The van der Waals surface area contributed by atoms with E-state index in [0.717, 1.165) is 66.8 Å². The largest absolute Gasteiger partial charge is 0.480 e. The number of benzene rings is 1. The molecule has 0 radical (unpaired) electrons. The second kappa shape index (κ2) is 11.1. The maximum atomic E-state index is 11.7. The molecule has 3 heterocycles. The Morgan fingerprint density at radius 3 is 2.97 bits per heavy atom. The van der Waals surface area contributed by atoms with E-state index in [1.54, 1.807) is 0 Å². The van der Waals surface area contributed by atoms with Crippen molar-refractivity contribution in [3.8, 4) is 0 Å². The van der Waals surface area contributed by atoms with Gasteiger partial charge in [0, 0.05) is 30.8 Å². The van der Waals surface area contributed by atoms with Crippen molar-refractivity contribution in [2.75, 3.05) is 18.5 Å². The van der Waals surface area contributed by atoms with Gasteiger partial charge in [0.05, 0.1) is 17.3 Å². The number of nitrogens with zero attached hydrogens (tertiary/aromatic N) is 3. The van der Waals surface area contributed by atoms with Crippen molar-refractivity contribution in [3.63, 3.8) is 0 Å². The first-order chi connectivity index (χ1) is 17.2. The maximum absolute atomic E-state index is 11.7. The van der Waals surface area contributed by atoms with Crippen LogP contribution in [0.5, 0.6) is 0 Å². The van der Waals surface area contributed by atoms with Gasteiger partial charge in [-0.05, 0) is 68.6 Å². The molecule has 0 amide bonds. The van der Waals surface area contributed by atoms with Crippen LogP contribution in [-0.2, 0) is 28.9 Å². The Hall–Kier alpha value is -3.10. The monoisotopic (exact) mass is 475 g/mol. The third-order valence-corrected chi connectivity index (χ3v) is 7.15. The lowest BCUT2D eigenvalue weighted by Gasteiger charge is -2.35. The van der Waals surface area contributed by atoms with Crippen LogP contribution in [0, 0.1) is 5.92 Å². The molecular formula is C27H33N5O3. The van der Waals surface area contributed by atoms with E-state index in [-0.39, 0.29) is 6.10 Å². The zero-order valence-corrected chi connectivity index (χ0v) is 19.9. The van der Waals surface area contributed by atoms with Crippen LogP contribution in [0.4, 0.5) is 5.82 Å². The van der Waals surface area contributed by atoms with Crippen LogP contribution in [0.3, 0.4) is 0 Å². The third kappa shape index (κ3) is 5.94. The molecule has 5 rings (SSSR count). The first-order valence-corrected chi connectivity index (χ1v) is 12.6. The lowest BCUT2D eigenvalue weighted by atomic mass is 9.79. The van der Waals surface area contributed by atoms with Gasteiger partial charge in [-0.3, -0.25) is 10.1 Å². The fourth-order valence-corrected chi connectivity index (χ4v) is 4.99. The molecule has 1 atom stereocenters. The van der Waals surface area contributed by atoms with Gasteiger partial charge in [0.2, 0.25) is 0 Å². The minimum absolute atomic E-state index is 0.235. The average Bonchev–Trinajstić information content (AvgIpc) is 2.86. The molecule has 184 valence electrons. The molecule has 1 saturated carbocycles. The van der Waals surface area contributed by atoms with E-state index in [1.807, 2.05) is 24.3 Å². The molecule has 0 bridgehead atoms. The molecule has 35 heavy (non-hydrogen) atoms. The number of hydrogen-bond acceptors (Lipinski definition) is 7. The van der Waals surface area contributed by atoms with Crippen LogP contribution in [0.15, 0.2) is 42.7 Å². The standard InChI is InChI=1S/C27H33N5O3/c33-27(34)24(29-16-25-22-5-1-2-6-23(22)30-17-31-25)11-13-35-21-14-18(15-21)7-9-20-10-8-19-4-3-12-28-26(19)32-20/h1-2,5-6,8,10,17-18,21,24,29H,3-4,7,9,11-16H2,(H,28,32)(H,33,34)/t18-,21+,24?. The van der Waals surface area contributed by atoms with Gasteiger partial charge < -0.3 is 15.2 Å². The number of ether oxygens (including phenoxy) is 1. The summed E-state index contributed by atoms with van der Waals surface area (Å²) in [5.74, 6) is 0.855. The van der Waals surface area contributed by atoms with Crippen LogP contribution >= 0.6 is 0 Å². The lowest BCUT2D eigenvalue weighted by Crippen LogP contribution is -2.39. The van der Waals surface area contributed by atoms with Crippen LogP contribution in [0.25, 0.3) is 10.9 Å². The number of aryl methyl sites for hydroxylation is 2. The molecule has 0 saturated heterocycles. The van der Waals surface area contributed by atoms with E-state index in [9.17, 15) is 9.90 Å².